The molecule has 0 radical (unpaired) electrons. The van der Waals surface area contributed by atoms with E-state index in [1.54, 1.807) is 0 Å². The predicted molar refractivity (Wildman–Crippen MR) is 74.6 cm³/mol. The van der Waals surface area contributed by atoms with Crippen molar-refractivity contribution in [3.8, 4) is 0 Å². The Morgan fingerprint density at radius 3 is 2.56 bits per heavy atom. The zero-order chi connectivity index (χ0) is 12.4. The Morgan fingerprint density at radius 1 is 1.00 bits per heavy atom. The first-order chi connectivity index (χ1) is 8.84. The molecular formula is C16H19NO. The van der Waals surface area contributed by atoms with Gasteiger partial charge in [-0.05, 0) is 42.3 Å². The van der Waals surface area contributed by atoms with Crippen LogP contribution in [0, 0.1) is 0 Å². The summed E-state index contributed by atoms with van der Waals surface area (Å²) < 4.78 is 0. The van der Waals surface area contributed by atoms with E-state index in [1.165, 1.54) is 23.6 Å². The van der Waals surface area contributed by atoms with E-state index in [2.05, 4.69) is 23.1 Å². The van der Waals surface area contributed by atoms with E-state index in [0.717, 1.165) is 25.2 Å². The molecule has 2 nitrogen and oxygen atoms in total. The van der Waals surface area contributed by atoms with Gasteiger partial charge in [0.1, 0.15) is 0 Å². The van der Waals surface area contributed by atoms with E-state index < -0.39 is 0 Å². The molecule has 1 N–H and O–H groups in total. The molecule has 0 saturated carbocycles. The fourth-order valence-corrected chi connectivity index (χ4v) is 2.85. The van der Waals surface area contributed by atoms with Crippen LogP contribution < -0.4 is 0 Å². The van der Waals surface area contributed by atoms with Crippen LogP contribution in [0.1, 0.15) is 24.5 Å². The summed E-state index contributed by atoms with van der Waals surface area (Å²) in [4.78, 5) is 2.35. The third-order valence-corrected chi connectivity index (χ3v) is 3.81. The summed E-state index contributed by atoms with van der Waals surface area (Å²) >= 11 is 0. The van der Waals surface area contributed by atoms with Gasteiger partial charge >= 0.3 is 0 Å². The van der Waals surface area contributed by atoms with Crippen molar-refractivity contribution in [3.05, 3.63) is 48.0 Å². The maximum Gasteiger partial charge on any atom is 0.0922 e. The molecule has 0 spiro atoms. The number of nitrogens with zero attached hydrogens (tertiary/aromatic N) is 1. The molecule has 1 aliphatic heterocycles. The minimum atomic E-state index is -0.380. The van der Waals surface area contributed by atoms with Crippen LogP contribution >= 0.6 is 0 Å². The van der Waals surface area contributed by atoms with Gasteiger partial charge in [0.05, 0.1) is 6.10 Å². The van der Waals surface area contributed by atoms with E-state index >= 15 is 0 Å². The zero-order valence-electron chi connectivity index (χ0n) is 10.5. The molecule has 1 atom stereocenters. The molecule has 3 rings (SSSR count). The highest BCUT2D eigenvalue weighted by Crippen LogP contribution is 2.25. The number of β-amino-alcohol motifs (C(OH)–C–C–N with tert-alkyl or cyclic N) is 1. The average molecular weight is 241 g/mol. The first-order valence-electron chi connectivity index (χ1n) is 6.73. The van der Waals surface area contributed by atoms with Crippen LogP contribution in [0.15, 0.2) is 42.5 Å². The number of benzene rings is 2. The van der Waals surface area contributed by atoms with Gasteiger partial charge in [0.15, 0.2) is 0 Å². The smallest absolute Gasteiger partial charge is 0.0922 e. The van der Waals surface area contributed by atoms with Crippen LogP contribution in [0.5, 0.6) is 0 Å². The summed E-state index contributed by atoms with van der Waals surface area (Å²) in [5.74, 6) is 0. The van der Waals surface area contributed by atoms with Gasteiger partial charge in [0.2, 0.25) is 0 Å². The van der Waals surface area contributed by atoms with Crippen molar-refractivity contribution in [1.82, 2.24) is 4.90 Å². The second kappa shape index (κ2) is 5.09. The van der Waals surface area contributed by atoms with Crippen molar-refractivity contribution < 1.29 is 5.11 Å². The molecule has 2 heteroatoms. The molecule has 0 bridgehead atoms. The zero-order valence-corrected chi connectivity index (χ0v) is 10.5. The van der Waals surface area contributed by atoms with Gasteiger partial charge in [-0.3, -0.25) is 0 Å². The number of likely N-dealkylation sites (tertiary alicyclic amines) is 1. The summed E-state index contributed by atoms with van der Waals surface area (Å²) in [6, 6.07) is 14.4. The Bertz CT molecular complexity index is 526. The fourth-order valence-electron chi connectivity index (χ4n) is 2.85. The van der Waals surface area contributed by atoms with Gasteiger partial charge < -0.3 is 10.0 Å². The third kappa shape index (κ3) is 2.26. The van der Waals surface area contributed by atoms with Gasteiger partial charge in [-0.25, -0.2) is 0 Å². The number of fused-ring (bicyclic) bond motifs is 1. The lowest BCUT2D eigenvalue weighted by Gasteiger charge is -2.20. The Hall–Kier alpha value is -1.38. The monoisotopic (exact) mass is 241 g/mol. The third-order valence-electron chi connectivity index (χ3n) is 3.81. The second-order valence-corrected chi connectivity index (χ2v) is 5.09. The summed E-state index contributed by atoms with van der Waals surface area (Å²) in [7, 11) is 0. The number of aliphatic hydroxyl groups is 1. The van der Waals surface area contributed by atoms with Gasteiger partial charge in [-0.15, -0.1) is 0 Å². The standard InChI is InChI=1S/C16H19NO/c18-16(12-17-10-3-4-11-17)15-9-5-7-13-6-1-2-8-14(13)15/h1-2,5-9,16,18H,3-4,10-12H2/t16-/m1/s1. The second-order valence-electron chi connectivity index (χ2n) is 5.09. The maximum absolute atomic E-state index is 10.4. The van der Waals surface area contributed by atoms with Crippen LogP contribution in [0.2, 0.25) is 0 Å². The molecule has 18 heavy (non-hydrogen) atoms. The number of hydrogen-bond donors (Lipinski definition) is 1. The van der Waals surface area contributed by atoms with Crippen LogP contribution in [-0.4, -0.2) is 29.6 Å². The van der Waals surface area contributed by atoms with Crippen LogP contribution in [0.4, 0.5) is 0 Å². The topological polar surface area (TPSA) is 23.5 Å². The minimum absolute atomic E-state index is 0.380. The summed E-state index contributed by atoms with van der Waals surface area (Å²) in [6.07, 6.45) is 2.15. The van der Waals surface area contributed by atoms with E-state index in [1.807, 2.05) is 24.3 Å². The van der Waals surface area contributed by atoms with E-state index in [0.29, 0.717) is 0 Å². The lowest BCUT2D eigenvalue weighted by Crippen LogP contribution is -2.25. The highest BCUT2D eigenvalue weighted by Gasteiger charge is 2.18. The van der Waals surface area contributed by atoms with E-state index in [9.17, 15) is 5.11 Å². The molecule has 1 fully saturated rings. The summed E-state index contributed by atoms with van der Waals surface area (Å²) in [5.41, 5.74) is 1.06. The summed E-state index contributed by atoms with van der Waals surface area (Å²) in [6.45, 7) is 3.01. The van der Waals surface area contributed by atoms with Gasteiger partial charge in [0.25, 0.3) is 0 Å². The molecule has 0 unspecified atom stereocenters. The van der Waals surface area contributed by atoms with Crippen molar-refractivity contribution in [3.63, 3.8) is 0 Å². The first kappa shape index (κ1) is 11.7. The van der Waals surface area contributed by atoms with E-state index in [4.69, 9.17) is 0 Å². The molecular weight excluding hydrogens is 222 g/mol. The van der Waals surface area contributed by atoms with Gasteiger partial charge in [0, 0.05) is 6.54 Å². The Balaban J connectivity index is 1.88. The van der Waals surface area contributed by atoms with Gasteiger partial charge in [-0.1, -0.05) is 42.5 Å². The molecule has 0 aliphatic carbocycles. The molecule has 2 aromatic rings. The Morgan fingerprint density at radius 2 is 1.72 bits per heavy atom. The van der Waals surface area contributed by atoms with Crippen LogP contribution in [0.3, 0.4) is 0 Å². The van der Waals surface area contributed by atoms with Crippen molar-refractivity contribution in [2.45, 2.75) is 18.9 Å². The van der Waals surface area contributed by atoms with Crippen molar-refractivity contribution in [2.24, 2.45) is 0 Å². The largest absolute Gasteiger partial charge is 0.387 e. The molecule has 0 amide bonds. The minimum Gasteiger partial charge on any atom is -0.387 e. The molecule has 1 saturated heterocycles. The molecule has 1 heterocycles. The van der Waals surface area contributed by atoms with Gasteiger partial charge in [-0.2, -0.15) is 0 Å². The number of rotatable bonds is 3. The SMILES string of the molecule is O[C@H](CN1CCCC1)c1cccc2ccccc12. The maximum atomic E-state index is 10.4. The van der Waals surface area contributed by atoms with Crippen LogP contribution in [-0.2, 0) is 0 Å². The number of aliphatic hydroxyl groups excluding tert-OH is 1. The molecule has 2 aromatic carbocycles. The van der Waals surface area contributed by atoms with Crippen molar-refractivity contribution in [1.29, 1.82) is 0 Å². The molecule has 94 valence electrons. The first-order valence-corrected chi connectivity index (χ1v) is 6.73. The van der Waals surface area contributed by atoms with Crippen LogP contribution in [0.25, 0.3) is 10.8 Å². The quantitative estimate of drug-likeness (QED) is 0.893. The van der Waals surface area contributed by atoms with E-state index in [-0.39, 0.29) is 6.10 Å². The predicted octanol–water partition coefficient (Wildman–Crippen LogP) is 2.97. The Kier molecular flexibility index (Phi) is 3.31. The highest BCUT2D eigenvalue weighted by atomic mass is 16.3. The van der Waals surface area contributed by atoms with Crippen molar-refractivity contribution in [2.75, 3.05) is 19.6 Å². The average Bonchev–Trinajstić information content (AvgIpc) is 2.91. The number of hydrogen-bond acceptors (Lipinski definition) is 2. The normalized spacial score (nSPS) is 18.3. The van der Waals surface area contributed by atoms with Crippen molar-refractivity contribution >= 4 is 10.8 Å². The lowest BCUT2D eigenvalue weighted by molar-refractivity contribution is 0.127. The molecule has 0 aromatic heterocycles. The Labute approximate surface area is 108 Å². The summed E-state index contributed by atoms with van der Waals surface area (Å²) in [5, 5.41) is 12.8. The highest BCUT2D eigenvalue weighted by molar-refractivity contribution is 5.85. The molecule has 1 aliphatic rings. The fraction of sp³-hybridized carbons (Fsp3) is 0.375. The lowest BCUT2D eigenvalue weighted by atomic mass is 10.0.